The molecule has 0 saturated heterocycles. The average Bonchev–Trinajstić information content (AvgIpc) is 2.40. The van der Waals surface area contributed by atoms with Gasteiger partial charge in [0.2, 0.25) is 0 Å². The van der Waals surface area contributed by atoms with Crippen LogP contribution in [0.2, 0.25) is 0 Å². The van der Waals surface area contributed by atoms with Crippen molar-refractivity contribution in [1.29, 1.82) is 0 Å². The number of nitrogens with one attached hydrogen (secondary N) is 1. The van der Waals surface area contributed by atoms with E-state index in [9.17, 15) is 20.1 Å². The molecule has 1 heterocycles. The van der Waals surface area contributed by atoms with Crippen LogP contribution in [0, 0.1) is 0 Å². The number of halogens is 1. The van der Waals surface area contributed by atoms with Crippen LogP contribution in [-0.4, -0.2) is 50.5 Å². The van der Waals surface area contributed by atoms with E-state index in [2.05, 4.69) is 26.3 Å². The van der Waals surface area contributed by atoms with E-state index in [4.69, 9.17) is 0 Å². The van der Waals surface area contributed by atoms with Gasteiger partial charge in [0, 0.05) is 0 Å². The lowest BCUT2D eigenvalue weighted by Gasteiger charge is -2.30. The third-order valence-electron chi connectivity index (χ3n) is 2.74. The van der Waals surface area contributed by atoms with E-state index in [0.717, 1.165) is 0 Å². The number of hydrogen-bond donors (Lipinski definition) is 4. The van der Waals surface area contributed by atoms with Gasteiger partial charge < -0.3 is 20.6 Å². The first-order valence-corrected chi connectivity index (χ1v) is 6.58. The van der Waals surface area contributed by atoms with E-state index in [0.29, 0.717) is 5.69 Å². The summed E-state index contributed by atoms with van der Waals surface area (Å²) in [6.45, 7) is 2.19. The second-order valence-electron chi connectivity index (χ2n) is 4.60. The number of aliphatic hydroxyl groups excluding tert-OH is 3. The topological polar surface area (TPSA) is 108 Å². The van der Waals surface area contributed by atoms with Crippen molar-refractivity contribution in [2.45, 2.75) is 25.4 Å². The molecule has 4 N–H and O–H groups in total. The molecular formula is C11H18BrN3O4. The molecule has 0 unspecified atom stereocenters. The normalized spacial score (nSPS) is 11.9. The molecule has 0 amide bonds. The number of rotatable bonds is 6. The van der Waals surface area contributed by atoms with Crippen LogP contribution >= 0.6 is 15.9 Å². The summed E-state index contributed by atoms with van der Waals surface area (Å²) in [5.74, 6) is 0. The van der Waals surface area contributed by atoms with Gasteiger partial charge in [-0.3, -0.25) is 4.79 Å². The second kappa shape index (κ2) is 6.47. The number of anilines is 1. The van der Waals surface area contributed by atoms with Crippen LogP contribution in [-0.2, 0) is 0 Å². The lowest BCUT2D eigenvalue weighted by atomic mass is 10.0. The molecule has 19 heavy (non-hydrogen) atoms. The lowest BCUT2D eigenvalue weighted by molar-refractivity contribution is 0.0832. The smallest absolute Gasteiger partial charge is 0.283 e. The van der Waals surface area contributed by atoms with Crippen molar-refractivity contribution in [2.24, 2.45) is 0 Å². The van der Waals surface area contributed by atoms with Crippen LogP contribution in [0.1, 0.15) is 19.9 Å². The summed E-state index contributed by atoms with van der Waals surface area (Å²) in [4.78, 5) is 12.0. The fraction of sp³-hybridized carbons (Fsp3) is 0.636. The molecule has 0 aliphatic heterocycles. The molecule has 0 saturated carbocycles. The molecule has 0 atom stereocenters. The summed E-state index contributed by atoms with van der Waals surface area (Å²) >= 11 is 3.16. The molecule has 1 rings (SSSR count). The van der Waals surface area contributed by atoms with Crippen LogP contribution in [0.15, 0.2) is 15.5 Å². The summed E-state index contributed by atoms with van der Waals surface area (Å²) in [7, 11) is 0. The van der Waals surface area contributed by atoms with Gasteiger partial charge in [0.1, 0.15) is 10.0 Å². The van der Waals surface area contributed by atoms with Crippen LogP contribution in [0.4, 0.5) is 5.69 Å². The molecule has 0 fully saturated rings. The van der Waals surface area contributed by atoms with Crippen molar-refractivity contribution in [3.63, 3.8) is 0 Å². The van der Waals surface area contributed by atoms with Gasteiger partial charge in [-0.25, -0.2) is 4.68 Å². The average molecular weight is 336 g/mol. The Morgan fingerprint density at radius 1 is 1.37 bits per heavy atom. The van der Waals surface area contributed by atoms with Gasteiger partial charge in [0.25, 0.3) is 5.56 Å². The first-order chi connectivity index (χ1) is 8.90. The summed E-state index contributed by atoms with van der Waals surface area (Å²) in [5.41, 5.74) is -1.33. The molecule has 7 nitrogen and oxygen atoms in total. The zero-order valence-corrected chi connectivity index (χ0v) is 12.4. The van der Waals surface area contributed by atoms with E-state index >= 15 is 0 Å². The van der Waals surface area contributed by atoms with Crippen molar-refractivity contribution >= 4 is 21.6 Å². The van der Waals surface area contributed by atoms with Gasteiger partial charge in [-0.15, -0.1) is 0 Å². The fourth-order valence-electron chi connectivity index (χ4n) is 1.45. The first-order valence-electron chi connectivity index (χ1n) is 5.79. The Kier molecular flexibility index (Phi) is 5.48. The third kappa shape index (κ3) is 3.33. The summed E-state index contributed by atoms with van der Waals surface area (Å²) in [6, 6.07) is -0.0869. The van der Waals surface area contributed by atoms with Crippen LogP contribution in [0.5, 0.6) is 0 Å². The molecule has 108 valence electrons. The molecule has 0 spiro atoms. The molecule has 0 aromatic carbocycles. The third-order valence-corrected chi connectivity index (χ3v) is 3.51. The molecule has 1 aromatic rings. The van der Waals surface area contributed by atoms with E-state index in [1.165, 1.54) is 10.9 Å². The van der Waals surface area contributed by atoms with Gasteiger partial charge in [-0.1, -0.05) is 0 Å². The van der Waals surface area contributed by atoms with E-state index < -0.39 is 25.4 Å². The molecular weight excluding hydrogens is 318 g/mol. The van der Waals surface area contributed by atoms with Crippen LogP contribution < -0.4 is 10.9 Å². The van der Waals surface area contributed by atoms with Crippen molar-refractivity contribution < 1.29 is 15.3 Å². The number of hydrogen-bond acceptors (Lipinski definition) is 6. The Bertz CT molecular complexity index is 477. The second-order valence-corrected chi connectivity index (χ2v) is 5.39. The Morgan fingerprint density at radius 3 is 2.32 bits per heavy atom. The van der Waals surface area contributed by atoms with E-state index in [1.54, 1.807) is 0 Å². The Hall–Kier alpha value is -0.960. The zero-order valence-electron chi connectivity index (χ0n) is 10.8. The minimum Gasteiger partial charge on any atom is -0.394 e. The molecule has 0 bridgehead atoms. The number of nitrogens with zero attached hydrogens (tertiary/aromatic N) is 2. The quantitative estimate of drug-likeness (QED) is 0.569. The Morgan fingerprint density at radius 2 is 1.89 bits per heavy atom. The number of aliphatic hydroxyl groups is 3. The van der Waals surface area contributed by atoms with Crippen LogP contribution in [0.3, 0.4) is 0 Å². The highest BCUT2D eigenvalue weighted by Crippen LogP contribution is 2.21. The predicted molar refractivity (Wildman–Crippen MR) is 74.2 cm³/mol. The highest BCUT2D eigenvalue weighted by atomic mass is 79.9. The maximum Gasteiger partial charge on any atom is 0.283 e. The minimum absolute atomic E-state index is 0.0869. The van der Waals surface area contributed by atoms with Crippen LogP contribution in [0.25, 0.3) is 0 Å². The largest absolute Gasteiger partial charge is 0.394 e. The van der Waals surface area contributed by atoms with Gasteiger partial charge in [-0.05, 0) is 29.8 Å². The van der Waals surface area contributed by atoms with Crippen molar-refractivity contribution in [3.05, 3.63) is 21.0 Å². The fourth-order valence-corrected chi connectivity index (χ4v) is 1.84. The zero-order chi connectivity index (χ0) is 14.6. The number of aromatic nitrogens is 2. The van der Waals surface area contributed by atoms with Gasteiger partial charge >= 0.3 is 0 Å². The maximum absolute atomic E-state index is 12.0. The Balaban J connectivity index is 3.17. The first kappa shape index (κ1) is 16.1. The van der Waals surface area contributed by atoms with E-state index in [-0.39, 0.29) is 16.1 Å². The van der Waals surface area contributed by atoms with Crippen molar-refractivity contribution in [1.82, 2.24) is 9.78 Å². The molecule has 0 radical (unpaired) electrons. The van der Waals surface area contributed by atoms with Gasteiger partial charge in [-0.2, -0.15) is 5.10 Å². The predicted octanol–water partition coefficient (Wildman–Crippen LogP) is -0.286. The molecule has 1 aromatic heterocycles. The lowest BCUT2D eigenvalue weighted by Crippen LogP contribution is -2.49. The van der Waals surface area contributed by atoms with Gasteiger partial charge in [0.05, 0.1) is 37.7 Å². The molecule has 0 aliphatic rings. The standard InChI is InChI=1S/C11H18BrN3O4/c1-7(2)15-10(19)9(12)8(3-13-15)14-11(4-16,5-17)6-18/h3,7,14,16-18H,4-6H2,1-2H3. The molecule has 8 heteroatoms. The maximum atomic E-state index is 12.0. The monoisotopic (exact) mass is 335 g/mol. The van der Waals surface area contributed by atoms with Gasteiger partial charge in [0.15, 0.2) is 0 Å². The minimum atomic E-state index is -1.30. The van der Waals surface area contributed by atoms with Crippen molar-refractivity contribution in [2.75, 3.05) is 25.1 Å². The Labute approximate surface area is 119 Å². The SMILES string of the molecule is CC(C)n1ncc(NC(CO)(CO)CO)c(Br)c1=O. The van der Waals surface area contributed by atoms with E-state index in [1.807, 2.05) is 13.8 Å². The summed E-state index contributed by atoms with van der Waals surface area (Å²) in [5, 5.41) is 34.5. The highest BCUT2D eigenvalue weighted by molar-refractivity contribution is 9.10. The highest BCUT2D eigenvalue weighted by Gasteiger charge is 2.29. The van der Waals surface area contributed by atoms with Crippen molar-refractivity contribution in [3.8, 4) is 0 Å². The summed E-state index contributed by atoms with van der Waals surface area (Å²) in [6.07, 6.45) is 1.40. The molecule has 0 aliphatic carbocycles. The summed E-state index contributed by atoms with van der Waals surface area (Å²) < 4.78 is 1.53.